The number of rotatable bonds is 12. The number of nitrogens with one attached hydrogen (secondary N) is 2. The molecule has 172 valence electrons. The van der Waals surface area contributed by atoms with Crippen LogP contribution < -0.4 is 16.4 Å². The van der Waals surface area contributed by atoms with Crippen molar-refractivity contribution in [3.05, 3.63) is 64.0 Å². The molecule has 2 rings (SSSR count). The second-order valence-corrected chi connectivity index (χ2v) is 8.02. The molecule has 0 heterocycles. The topological polar surface area (TPSA) is 101 Å². The third-order valence-corrected chi connectivity index (χ3v) is 5.55. The van der Waals surface area contributed by atoms with Gasteiger partial charge in [-0.15, -0.1) is 0 Å². The van der Waals surface area contributed by atoms with Crippen LogP contribution in [0, 0.1) is 12.7 Å². The van der Waals surface area contributed by atoms with Gasteiger partial charge in [0.25, 0.3) is 0 Å². The monoisotopic (exact) mass is 441 g/mol. The molecule has 0 spiro atoms. The molecule has 0 fully saturated rings. The Labute approximate surface area is 188 Å². The van der Waals surface area contributed by atoms with E-state index in [9.17, 15) is 14.4 Å². The molecule has 2 aromatic rings. The van der Waals surface area contributed by atoms with E-state index in [0.29, 0.717) is 36.0 Å². The van der Waals surface area contributed by atoms with Gasteiger partial charge in [0.1, 0.15) is 12.1 Å². The van der Waals surface area contributed by atoms with Gasteiger partial charge in [-0.3, -0.25) is 9.59 Å². The van der Waals surface area contributed by atoms with Gasteiger partial charge in [-0.2, -0.15) is 0 Å². The number of nitrogens with two attached hydrogens (primary N) is 1. The van der Waals surface area contributed by atoms with E-state index in [4.69, 9.17) is 5.73 Å². The predicted octanol–water partition coefficient (Wildman–Crippen LogP) is 3.84. The van der Waals surface area contributed by atoms with Crippen LogP contribution in [0.4, 0.5) is 10.1 Å². The van der Waals surface area contributed by atoms with Crippen molar-refractivity contribution >= 4 is 23.7 Å². The lowest BCUT2D eigenvalue weighted by Gasteiger charge is -2.24. The van der Waals surface area contributed by atoms with Crippen LogP contribution in [0.25, 0.3) is 0 Å². The van der Waals surface area contributed by atoms with Crippen LogP contribution in [0.5, 0.6) is 0 Å². The molecular weight excluding hydrogens is 409 g/mol. The molecule has 4 N–H and O–H groups in total. The summed E-state index contributed by atoms with van der Waals surface area (Å²) < 4.78 is 15.7. The van der Waals surface area contributed by atoms with Crippen LogP contribution in [0.1, 0.15) is 71.8 Å². The van der Waals surface area contributed by atoms with Crippen molar-refractivity contribution in [3.63, 3.8) is 0 Å². The van der Waals surface area contributed by atoms with E-state index in [-0.39, 0.29) is 24.1 Å². The van der Waals surface area contributed by atoms with Crippen molar-refractivity contribution in [3.8, 4) is 0 Å². The minimum absolute atomic E-state index is 0.0313. The van der Waals surface area contributed by atoms with E-state index in [2.05, 4.69) is 10.6 Å². The zero-order chi connectivity index (χ0) is 23.8. The molecule has 32 heavy (non-hydrogen) atoms. The molecule has 2 unspecified atom stereocenters. The Morgan fingerprint density at radius 3 is 2.53 bits per heavy atom. The highest BCUT2D eigenvalue weighted by Crippen LogP contribution is 2.28. The van der Waals surface area contributed by atoms with Crippen LogP contribution in [0.15, 0.2) is 30.3 Å². The normalized spacial score (nSPS) is 12.8. The maximum Gasteiger partial charge on any atom is 0.218 e. The van der Waals surface area contributed by atoms with Crippen LogP contribution in [-0.2, 0) is 16.0 Å². The summed E-state index contributed by atoms with van der Waals surface area (Å²) in [5, 5.41) is 6.29. The number of aldehydes is 1. The zero-order valence-corrected chi connectivity index (χ0v) is 19.1. The lowest BCUT2D eigenvalue weighted by molar-refractivity contribution is -0.118. The number of hydrogen-bond acceptors (Lipinski definition) is 5. The van der Waals surface area contributed by atoms with Crippen molar-refractivity contribution < 1.29 is 18.8 Å². The molecule has 2 aromatic carbocycles. The first-order chi connectivity index (χ1) is 15.2. The number of benzene rings is 2. The molecule has 0 saturated heterocycles. The summed E-state index contributed by atoms with van der Waals surface area (Å²) in [6.45, 7) is 5.43. The average Bonchev–Trinajstić information content (AvgIpc) is 2.75. The summed E-state index contributed by atoms with van der Waals surface area (Å²) >= 11 is 0. The number of carbonyl (C=O) groups is 3. The minimum Gasteiger partial charge on any atom is -0.388 e. The first kappa shape index (κ1) is 25.2. The van der Waals surface area contributed by atoms with Crippen molar-refractivity contribution in [2.45, 2.75) is 58.5 Å². The summed E-state index contributed by atoms with van der Waals surface area (Å²) in [5.74, 6) is -1.40. The van der Waals surface area contributed by atoms with E-state index < -0.39 is 17.5 Å². The smallest absolute Gasteiger partial charge is 0.218 e. The molecule has 0 saturated carbocycles. The number of anilines is 1. The molecule has 6 nitrogen and oxygen atoms in total. The Bertz CT molecular complexity index is 991. The second kappa shape index (κ2) is 11.5. The highest BCUT2D eigenvalue weighted by atomic mass is 19.1. The summed E-state index contributed by atoms with van der Waals surface area (Å²) in [7, 11) is 1.77. The van der Waals surface area contributed by atoms with E-state index in [0.717, 1.165) is 17.5 Å². The van der Waals surface area contributed by atoms with E-state index in [1.54, 1.807) is 44.3 Å². The molecule has 7 heteroatoms. The third-order valence-electron chi connectivity index (χ3n) is 5.55. The molecule has 1 amide bonds. The van der Waals surface area contributed by atoms with Crippen molar-refractivity contribution in [2.75, 3.05) is 12.4 Å². The number of hydrogen-bond donors (Lipinski definition) is 3. The maximum absolute atomic E-state index is 15.7. The fourth-order valence-corrected chi connectivity index (χ4v) is 3.91. The Morgan fingerprint density at radius 1 is 1.22 bits per heavy atom. The average molecular weight is 442 g/mol. The van der Waals surface area contributed by atoms with Gasteiger partial charge >= 0.3 is 0 Å². The summed E-state index contributed by atoms with van der Waals surface area (Å²) in [4.78, 5) is 35.3. The number of aryl methyl sites for hydroxylation is 2. The van der Waals surface area contributed by atoms with Gasteiger partial charge in [-0.1, -0.05) is 19.1 Å². The number of carbonyl (C=O) groups excluding carboxylic acids is 3. The van der Waals surface area contributed by atoms with Gasteiger partial charge in [0.2, 0.25) is 5.91 Å². The van der Waals surface area contributed by atoms with E-state index in [1.165, 1.54) is 0 Å². The summed E-state index contributed by atoms with van der Waals surface area (Å²) in [5.41, 5.74) is 8.25. The largest absolute Gasteiger partial charge is 0.388 e. The lowest BCUT2D eigenvalue weighted by atomic mass is 9.91. The standard InChI is InChI=1S/C25H32FN3O3/c1-5-20(29-16(3)13-22(27)31)19-10-8-15(2)23(24(19)26)25(32)18-9-11-21(28-4)17(14-18)7-6-12-30/h8-12,14,16,20,28-29H,5-7,13H2,1-4H3,(H2,27,31). The van der Waals surface area contributed by atoms with Gasteiger partial charge in [0.15, 0.2) is 5.78 Å². The van der Waals surface area contributed by atoms with Crippen LogP contribution in [-0.4, -0.2) is 31.1 Å². The van der Waals surface area contributed by atoms with E-state index in [1.807, 2.05) is 13.8 Å². The molecule has 2 atom stereocenters. The van der Waals surface area contributed by atoms with Crippen LogP contribution in [0.3, 0.4) is 0 Å². The molecule has 0 aromatic heterocycles. The third kappa shape index (κ3) is 6.01. The molecule has 0 aliphatic heterocycles. The lowest BCUT2D eigenvalue weighted by Crippen LogP contribution is -2.34. The minimum atomic E-state index is -0.562. The van der Waals surface area contributed by atoms with E-state index >= 15 is 4.39 Å². The predicted molar refractivity (Wildman–Crippen MR) is 124 cm³/mol. The second-order valence-electron chi connectivity index (χ2n) is 8.02. The first-order valence-electron chi connectivity index (χ1n) is 10.9. The SMILES string of the molecule is CCC(NC(C)CC(N)=O)c1ccc(C)c(C(=O)c2ccc(NC)c(CCC=O)c2)c1F. The van der Waals surface area contributed by atoms with Gasteiger partial charge in [-0.25, -0.2) is 4.39 Å². The van der Waals surface area contributed by atoms with Crippen molar-refractivity contribution in [2.24, 2.45) is 5.73 Å². The van der Waals surface area contributed by atoms with Crippen molar-refractivity contribution in [1.82, 2.24) is 5.32 Å². The Balaban J connectivity index is 2.44. The van der Waals surface area contributed by atoms with Gasteiger partial charge < -0.3 is 21.2 Å². The van der Waals surface area contributed by atoms with Crippen LogP contribution >= 0.6 is 0 Å². The highest BCUT2D eigenvalue weighted by molar-refractivity contribution is 6.10. The number of amides is 1. The Morgan fingerprint density at radius 2 is 1.94 bits per heavy atom. The highest BCUT2D eigenvalue weighted by Gasteiger charge is 2.24. The molecule has 0 bridgehead atoms. The molecular formula is C25H32FN3O3. The maximum atomic E-state index is 15.7. The Kier molecular flexibility index (Phi) is 9.08. The van der Waals surface area contributed by atoms with Gasteiger partial charge in [0, 0.05) is 48.8 Å². The van der Waals surface area contributed by atoms with Crippen molar-refractivity contribution in [1.29, 1.82) is 0 Å². The molecule has 0 aliphatic rings. The summed E-state index contributed by atoms with van der Waals surface area (Å²) in [6.07, 6.45) is 2.36. The quantitative estimate of drug-likeness (QED) is 0.343. The zero-order valence-electron chi connectivity index (χ0n) is 19.1. The summed E-state index contributed by atoms with van der Waals surface area (Å²) in [6, 6.07) is 7.97. The fourth-order valence-electron chi connectivity index (χ4n) is 3.91. The Hall–Kier alpha value is -3.06. The van der Waals surface area contributed by atoms with Crippen LogP contribution in [0.2, 0.25) is 0 Å². The molecule has 0 aliphatic carbocycles. The number of primary amides is 1. The van der Waals surface area contributed by atoms with Gasteiger partial charge in [0.05, 0.1) is 5.56 Å². The molecule has 0 radical (unpaired) electrons. The van der Waals surface area contributed by atoms with Gasteiger partial charge in [-0.05, 0) is 56.0 Å². The first-order valence-corrected chi connectivity index (χ1v) is 10.9. The number of ketones is 1. The number of halogens is 1. The fraction of sp³-hybridized carbons (Fsp3) is 0.400.